The summed E-state index contributed by atoms with van der Waals surface area (Å²) >= 11 is 1.76. The van der Waals surface area contributed by atoms with E-state index in [0.29, 0.717) is 0 Å². The van der Waals surface area contributed by atoms with Crippen LogP contribution in [0.3, 0.4) is 0 Å². The van der Waals surface area contributed by atoms with E-state index in [2.05, 4.69) is 9.97 Å². The molecule has 1 unspecified atom stereocenters. The maximum absolute atomic E-state index is 5.59. The summed E-state index contributed by atoms with van der Waals surface area (Å²) in [5.41, 5.74) is 5.59. The lowest BCUT2D eigenvalue weighted by Gasteiger charge is -2.02. The van der Waals surface area contributed by atoms with Gasteiger partial charge in [0.15, 0.2) is 0 Å². The average molecular weight is 183 g/mol. The molecule has 0 aliphatic heterocycles. The highest BCUT2D eigenvalue weighted by molar-refractivity contribution is 7.98. The van der Waals surface area contributed by atoms with Crippen LogP contribution in [0, 0.1) is 0 Å². The van der Waals surface area contributed by atoms with Crippen molar-refractivity contribution in [2.45, 2.75) is 18.7 Å². The molecule has 1 heterocycles. The molecule has 1 rings (SSSR count). The molecule has 0 fully saturated rings. The summed E-state index contributed by atoms with van der Waals surface area (Å²) in [4.78, 5) is 8.21. The minimum atomic E-state index is 0.249. The maximum Gasteiger partial charge on any atom is 0.138 e. The Hall–Kier alpha value is -0.610. The molecule has 1 aromatic rings. The van der Waals surface area contributed by atoms with Gasteiger partial charge in [-0.3, -0.25) is 0 Å². The van der Waals surface area contributed by atoms with Crippen molar-refractivity contribution < 1.29 is 0 Å². The molecule has 0 amide bonds. The monoisotopic (exact) mass is 183 g/mol. The van der Waals surface area contributed by atoms with Gasteiger partial charge in [-0.1, -0.05) is 0 Å². The van der Waals surface area contributed by atoms with Crippen LogP contribution in [0.1, 0.15) is 12.7 Å². The number of hydrogen-bond donors (Lipinski definition) is 1. The zero-order valence-corrected chi connectivity index (χ0v) is 7.92. The zero-order chi connectivity index (χ0) is 8.81. The van der Waals surface area contributed by atoms with Crippen LogP contribution in [0.5, 0.6) is 0 Å². The lowest BCUT2D eigenvalue weighted by molar-refractivity contribution is 0.846. The quantitative estimate of drug-likeness (QED) is 0.758. The van der Waals surface area contributed by atoms with Gasteiger partial charge in [0.2, 0.25) is 0 Å². The van der Waals surface area contributed by atoms with Crippen molar-refractivity contribution in [3.63, 3.8) is 0 Å². The average Bonchev–Trinajstić information content (AvgIpc) is 2.05. The van der Waals surface area contributed by atoms with Gasteiger partial charge in [-0.25, -0.2) is 9.97 Å². The molecule has 2 N–H and O–H groups in total. The van der Waals surface area contributed by atoms with Gasteiger partial charge in [0.1, 0.15) is 5.82 Å². The molecule has 0 spiro atoms. The minimum Gasteiger partial charge on any atom is -0.327 e. The van der Waals surface area contributed by atoms with E-state index >= 15 is 0 Å². The number of nitrogens with zero attached hydrogens (tertiary/aromatic N) is 2. The van der Waals surface area contributed by atoms with Crippen molar-refractivity contribution in [3.05, 3.63) is 24.3 Å². The lowest BCUT2D eigenvalue weighted by atomic mass is 10.4. The van der Waals surface area contributed by atoms with Crippen LogP contribution in [-0.4, -0.2) is 21.8 Å². The number of nitrogens with two attached hydrogens (primary N) is 1. The fourth-order valence-electron chi connectivity index (χ4n) is 0.741. The first-order valence-corrected chi connectivity index (χ1v) is 5.03. The molecule has 0 saturated heterocycles. The lowest BCUT2D eigenvalue weighted by Crippen LogP contribution is -2.17. The van der Waals surface area contributed by atoms with Gasteiger partial charge in [0.25, 0.3) is 0 Å². The maximum atomic E-state index is 5.59. The molecule has 0 radical (unpaired) electrons. The fraction of sp³-hybridized carbons (Fsp3) is 0.500. The third kappa shape index (κ3) is 3.69. The van der Waals surface area contributed by atoms with Crippen LogP contribution in [0.2, 0.25) is 0 Å². The van der Waals surface area contributed by atoms with E-state index in [-0.39, 0.29) is 6.04 Å². The molecular formula is C8H13N3S. The van der Waals surface area contributed by atoms with E-state index in [1.165, 1.54) is 0 Å². The second kappa shape index (κ2) is 5.11. The van der Waals surface area contributed by atoms with Crippen molar-refractivity contribution >= 4 is 11.8 Å². The third-order valence-corrected chi connectivity index (χ3v) is 2.45. The second-order valence-corrected chi connectivity index (χ2v) is 3.69. The first kappa shape index (κ1) is 9.48. The molecule has 3 nitrogen and oxygen atoms in total. The van der Waals surface area contributed by atoms with E-state index < -0.39 is 0 Å². The molecule has 1 atom stereocenters. The summed E-state index contributed by atoms with van der Waals surface area (Å²) in [5.74, 6) is 2.68. The van der Waals surface area contributed by atoms with Crippen molar-refractivity contribution in [2.75, 3.05) is 5.75 Å². The summed E-state index contributed by atoms with van der Waals surface area (Å²) < 4.78 is 0. The molecule has 0 aromatic carbocycles. The molecule has 4 heteroatoms. The molecule has 0 bridgehead atoms. The minimum absolute atomic E-state index is 0.249. The summed E-state index contributed by atoms with van der Waals surface area (Å²) in [7, 11) is 0. The Bertz CT molecular complexity index is 213. The predicted octanol–water partition coefficient (Wildman–Crippen LogP) is 1.06. The van der Waals surface area contributed by atoms with E-state index in [4.69, 9.17) is 5.73 Å². The second-order valence-electron chi connectivity index (χ2n) is 2.66. The van der Waals surface area contributed by atoms with Crippen LogP contribution >= 0.6 is 11.8 Å². The Kier molecular flexibility index (Phi) is 4.04. The first-order valence-electron chi connectivity index (χ1n) is 3.88. The van der Waals surface area contributed by atoms with E-state index in [0.717, 1.165) is 17.3 Å². The molecule has 66 valence electrons. The van der Waals surface area contributed by atoms with Crippen molar-refractivity contribution in [2.24, 2.45) is 5.73 Å². The fourth-order valence-corrected chi connectivity index (χ4v) is 1.56. The number of hydrogen-bond acceptors (Lipinski definition) is 4. The Labute approximate surface area is 76.8 Å². The normalized spacial score (nSPS) is 12.8. The van der Waals surface area contributed by atoms with Gasteiger partial charge in [0, 0.05) is 24.2 Å². The molecule has 0 aliphatic rings. The van der Waals surface area contributed by atoms with Crippen molar-refractivity contribution in [1.82, 2.24) is 9.97 Å². The number of thioether (sulfide) groups is 1. The van der Waals surface area contributed by atoms with Gasteiger partial charge >= 0.3 is 0 Å². The van der Waals surface area contributed by atoms with E-state index in [9.17, 15) is 0 Å². The van der Waals surface area contributed by atoms with Crippen molar-refractivity contribution in [3.8, 4) is 0 Å². The Morgan fingerprint density at radius 1 is 1.50 bits per heavy atom. The third-order valence-electron chi connectivity index (χ3n) is 1.23. The van der Waals surface area contributed by atoms with Crippen LogP contribution in [0.4, 0.5) is 0 Å². The van der Waals surface area contributed by atoms with Gasteiger partial charge in [-0.05, 0) is 13.0 Å². The van der Waals surface area contributed by atoms with Crippen LogP contribution in [-0.2, 0) is 5.75 Å². The molecular weight excluding hydrogens is 170 g/mol. The Morgan fingerprint density at radius 3 is 2.75 bits per heavy atom. The molecule has 0 aliphatic carbocycles. The largest absolute Gasteiger partial charge is 0.327 e. The summed E-state index contributed by atoms with van der Waals surface area (Å²) in [6.45, 7) is 2.00. The highest BCUT2D eigenvalue weighted by atomic mass is 32.2. The summed E-state index contributed by atoms with van der Waals surface area (Å²) in [6.07, 6.45) is 3.52. The summed E-state index contributed by atoms with van der Waals surface area (Å²) in [6, 6.07) is 2.07. The van der Waals surface area contributed by atoms with Gasteiger partial charge < -0.3 is 5.73 Å². The Morgan fingerprint density at radius 2 is 2.17 bits per heavy atom. The van der Waals surface area contributed by atoms with E-state index in [1.54, 1.807) is 24.2 Å². The molecule has 12 heavy (non-hydrogen) atoms. The molecule has 1 aromatic heterocycles. The van der Waals surface area contributed by atoms with Gasteiger partial charge in [-0.15, -0.1) is 0 Å². The smallest absolute Gasteiger partial charge is 0.138 e. The van der Waals surface area contributed by atoms with E-state index in [1.807, 2.05) is 13.0 Å². The van der Waals surface area contributed by atoms with Crippen LogP contribution in [0.15, 0.2) is 18.5 Å². The first-order chi connectivity index (χ1) is 5.79. The molecule has 0 saturated carbocycles. The van der Waals surface area contributed by atoms with Gasteiger partial charge in [-0.2, -0.15) is 11.8 Å². The topological polar surface area (TPSA) is 51.8 Å². The highest BCUT2D eigenvalue weighted by Crippen LogP contribution is 2.07. The van der Waals surface area contributed by atoms with Crippen molar-refractivity contribution in [1.29, 1.82) is 0 Å². The Balaban J connectivity index is 2.25. The van der Waals surface area contributed by atoms with Crippen LogP contribution < -0.4 is 5.73 Å². The van der Waals surface area contributed by atoms with Crippen LogP contribution in [0.25, 0.3) is 0 Å². The SMILES string of the molecule is CC(N)CSCc1ncccn1. The summed E-state index contributed by atoms with van der Waals surface area (Å²) in [5, 5.41) is 0. The standard InChI is InChI=1S/C8H13N3S/c1-7(9)5-12-6-8-10-3-2-4-11-8/h2-4,7H,5-6,9H2,1H3. The number of aromatic nitrogens is 2. The number of rotatable bonds is 4. The predicted molar refractivity (Wildman–Crippen MR) is 51.8 cm³/mol. The zero-order valence-electron chi connectivity index (χ0n) is 7.10. The van der Waals surface area contributed by atoms with Gasteiger partial charge in [0.05, 0.1) is 5.75 Å². The highest BCUT2D eigenvalue weighted by Gasteiger charge is 1.97.